The Kier molecular flexibility index (Phi) is 9.74. The van der Waals surface area contributed by atoms with Crippen LogP contribution in [0.5, 0.6) is 0 Å². The molecule has 3 unspecified atom stereocenters. The van der Waals surface area contributed by atoms with E-state index in [4.69, 9.17) is 4.74 Å². The van der Waals surface area contributed by atoms with Gasteiger partial charge < -0.3 is 20.3 Å². The summed E-state index contributed by atoms with van der Waals surface area (Å²) in [6.07, 6.45) is 2.30. The zero-order chi connectivity index (χ0) is 32.7. The van der Waals surface area contributed by atoms with Crippen molar-refractivity contribution in [3.8, 4) is 0 Å². The van der Waals surface area contributed by atoms with E-state index in [1.54, 1.807) is 25.1 Å². The fraction of sp³-hybridized carbons (Fsp3) is 0.742. The number of amides is 2. The lowest BCUT2D eigenvalue weighted by atomic mass is 9.69. The lowest BCUT2D eigenvalue weighted by molar-refractivity contribution is -0.125. The quantitative estimate of drug-likeness (QED) is 0.392. The molecular weight excluding hydrogens is 604 g/mol. The molecule has 3 fully saturated rings. The normalized spacial score (nSPS) is 26.3. The van der Waals surface area contributed by atoms with Gasteiger partial charge in [0.25, 0.3) is 0 Å². The van der Waals surface area contributed by atoms with Crippen molar-refractivity contribution in [1.82, 2.24) is 14.9 Å². The number of alkyl carbamates (subject to hydrolysis) is 1. The van der Waals surface area contributed by atoms with Gasteiger partial charge in [-0.25, -0.2) is 21.6 Å². The molecule has 11 nitrogen and oxygen atoms in total. The van der Waals surface area contributed by atoms with Crippen molar-refractivity contribution in [2.24, 2.45) is 16.7 Å². The first-order valence-electron chi connectivity index (χ1n) is 15.5. The Hall–Kier alpha value is -2.38. The maximum atomic E-state index is 14.0. The molecule has 2 amide bonds. The van der Waals surface area contributed by atoms with Crippen molar-refractivity contribution in [3.05, 3.63) is 29.8 Å². The van der Waals surface area contributed by atoms with Crippen molar-refractivity contribution in [1.29, 1.82) is 0 Å². The zero-order valence-electron chi connectivity index (χ0n) is 27.2. The summed E-state index contributed by atoms with van der Waals surface area (Å²) in [5, 5.41) is 5.63. The minimum Gasteiger partial charge on any atom is -0.444 e. The van der Waals surface area contributed by atoms with Crippen LogP contribution >= 0.6 is 0 Å². The molecule has 248 valence electrons. The fourth-order valence-electron chi connectivity index (χ4n) is 7.49. The van der Waals surface area contributed by atoms with Gasteiger partial charge in [0.1, 0.15) is 21.5 Å². The summed E-state index contributed by atoms with van der Waals surface area (Å²) in [4.78, 5) is 28.5. The average molecular weight is 655 g/mol. The highest BCUT2D eigenvalue weighted by atomic mass is 32.2. The third-order valence-corrected chi connectivity index (χ3v) is 13.1. The van der Waals surface area contributed by atoms with Crippen LogP contribution in [-0.2, 0) is 29.4 Å². The van der Waals surface area contributed by atoms with Gasteiger partial charge in [-0.3, -0.25) is 4.79 Å². The van der Waals surface area contributed by atoms with Crippen molar-refractivity contribution in [2.45, 2.75) is 84.9 Å². The minimum absolute atomic E-state index is 0.0771. The predicted molar refractivity (Wildman–Crippen MR) is 172 cm³/mol. The second-order valence-corrected chi connectivity index (χ2v) is 18.7. The molecule has 4 rings (SSSR count). The second kappa shape index (κ2) is 12.4. The summed E-state index contributed by atoms with van der Waals surface area (Å²) >= 11 is 0. The fourth-order valence-corrected chi connectivity index (χ4v) is 10.4. The van der Waals surface area contributed by atoms with Crippen LogP contribution in [0.2, 0.25) is 0 Å². The minimum atomic E-state index is -3.67. The van der Waals surface area contributed by atoms with Gasteiger partial charge in [-0.1, -0.05) is 32.0 Å². The number of ether oxygens (including phenoxy) is 1. The Morgan fingerprint density at radius 2 is 1.70 bits per heavy atom. The Balaban J connectivity index is 1.50. The van der Waals surface area contributed by atoms with Crippen LogP contribution in [0, 0.1) is 23.7 Å². The summed E-state index contributed by atoms with van der Waals surface area (Å²) in [6.45, 7) is 13.3. The number of nitrogens with one attached hydrogen (secondary N) is 2. The molecule has 0 radical (unpaired) electrons. The molecule has 2 bridgehead atoms. The number of carbonyl (C=O) groups is 2. The van der Waals surface area contributed by atoms with Gasteiger partial charge in [-0.2, -0.15) is 4.31 Å². The van der Waals surface area contributed by atoms with E-state index in [2.05, 4.69) is 48.4 Å². The van der Waals surface area contributed by atoms with Crippen LogP contribution < -0.4 is 15.5 Å². The maximum Gasteiger partial charge on any atom is 0.408 e. The summed E-state index contributed by atoms with van der Waals surface area (Å²) in [6, 6.07) is 6.52. The average Bonchev–Trinajstić information content (AvgIpc) is 3.24. The number of para-hydroxylation sites is 1. The van der Waals surface area contributed by atoms with Crippen LogP contribution in [0.15, 0.2) is 24.3 Å². The van der Waals surface area contributed by atoms with E-state index < -0.39 is 55.0 Å². The molecule has 1 saturated heterocycles. The van der Waals surface area contributed by atoms with Crippen LogP contribution in [0.1, 0.15) is 65.9 Å². The Labute approximate surface area is 263 Å². The molecule has 2 saturated carbocycles. The van der Waals surface area contributed by atoms with E-state index in [-0.39, 0.29) is 29.3 Å². The Morgan fingerprint density at radius 3 is 2.27 bits per heavy atom. The predicted octanol–water partition coefficient (Wildman–Crippen LogP) is 3.09. The van der Waals surface area contributed by atoms with Gasteiger partial charge in [0, 0.05) is 49.6 Å². The SMILES string of the molecule is Cc1ccccc1N1CCN(S(=O)(=O)CC23CCC(CC2NC(=O)[C@@H](CCS(C)(=O)=O)NC(=O)OC(C)(C)C)C3(C)C)CC1. The lowest BCUT2D eigenvalue weighted by Crippen LogP contribution is -2.58. The van der Waals surface area contributed by atoms with E-state index in [0.717, 1.165) is 23.9 Å². The maximum absolute atomic E-state index is 14.0. The first-order valence-corrected chi connectivity index (χ1v) is 19.2. The van der Waals surface area contributed by atoms with Gasteiger partial charge in [-0.15, -0.1) is 0 Å². The van der Waals surface area contributed by atoms with Gasteiger partial charge in [0.2, 0.25) is 15.9 Å². The van der Waals surface area contributed by atoms with Crippen molar-refractivity contribution in [3.63, 3.8) is 0 Å². The molecule has 1 heterocycles. The number of rotatable bonds is 10. The number of nitrogens with zero attached hydrogens (tertiary/aromatic N) is 2. The molecular formula is C31H50N4O7S2. The standard InChI is InChI=1S/C31H50N4O7S2/c1-22-10-8-9-11-25(22)34-15-17-35(18-16-34)44(40,41)21-31-14-12-23(30(31,5)6)20-26(31)33-27(36)24(13-19-43(7,38)39)32-28(37)42-29(2,3)4/h8-11,23-24,26H,12-21H2,1-7H3,(H,32,37)(H,33,36)/t23?,24-,26?,31?/m1/s1. The summed E-state index contributed by atoms with van der Waals surface area (Å²) in [5.41, 5.74) is 0.420. The van der Waals surface area contributed by atoms with Crippen molar-refractivity contribution in [2.75, 3.05) is 48.8 Å². The lowest BCUT2D eigenvalue weighted by Gasteiger charge is -2.44. The number of piperazine rings is 1. The Morgan fingerprint density at radius 1 is 1.07 bits per heavy atom. The molecule has 0 spiro atoms. The number of sulfonamides is 1. The molecule has 13 heteroatoms. The number of hydrogen-bond donors (Lipinski definition) is 2. The number of aryl methyl sites for hydroxylation is 1. The number of fused-ring (bicyclic) bond motifs is 2. The van der Waals surface area contributed by atoms with Crippen LogP contribution in [0.4, 0.5) is 10.5 Å². The Bertz CT molecular complexity index is 1450. The van der Waals surface area contributed by atoms with E-state index in [9.17, 15) is 26.4 Å². The van der Waals surface area contributed by atoms with E-state index >= 15 is 0 Å². The molecule has 0 aromatic heterocycles. The van der Waals surface area contributed by atoms with E-state index in [1.165, 1.54) is 0 Å². The molecule has 4 atom stereocenters. The monoisotopic (exact) mass is 654 g/mol. The largest absolute Gasteiger partial charge is 0.444 e. The first-order chi connectivity index (χ1) is 20.2. The molecule has 2 N–H and O–H groups in total. The number of benzene rings is 1. The molecule has 3 aliphatic rings. The smallest absolute Gasteiger partial charge is 0.408 e. The molecule has 44 heavy (non-hydrogen) atoms. The zero-order valence-corrected chi connectivity index (χ0v) is 28.8. The molecule has 1 aromatic rings. The van der Waals surface area contributed by atoms with Crippen molar-refractivity contribution >= 4 is 37.5 Å². The van der Waals surface area contributed by atoms with E-state index in [1.807, 2.05) is 12.1 Å². The van der Waals surface area contributed by atoms with Crippen LogP contribution in [-0.4, -0.2) is 94.8 Å². The highest BCUT2D eigenvalue weighted by Gasteiger charge is 2.66. The van der Waals surface area contributed by atoms with Gasteiger partial charge in [0.05, 0.1) is 11.5 Å². The number of carbonyl (C=O) groups excluding carboxylic acids is 2. The molecule has 1 aliphatic heterocycles. The molecule has 2 aliphatic carbocycles. The van der Waals surface area contributed by atoms with Crippen molar-refractivity contribution < 1.29 is 31.2 Å². The highest BCUT2D eigenvalue weighted by molar-refractivity contribution is 7.90. The van der Waals surface area contributed by atoms with Gasteiger partial charge >= 0.3 is 6.09 Å². The van der Waals surface area contributed by atoms with Crippen LogP contribution in [0.3, 0.4) is 0 Å². The number of anilines is 1. The van der Waals surface area contributed by atoms with Gasteiger partial charge in [0.15, 0.2) is 0 Å². The van der Waals surface area contributed by atoms with E-state index in [0.29, 0.717) is 39.0 Å². The van der Waals surface area contributed by atoms with Crippen LogP contribution in [0.25, 0.3) is 0 Å². The summed E-state index contributed by atoms with van der Waals surface area (Å²) in [5.74, 6) is -0.675. The summed E-state index contributed by atoms with van der Waals surface area (Å²) < 4.78 is 58.9. The number of hydrogen-bond acceptors (Lipinski definition) is 8. The third kappa shape index (κ3) is 7.52. The van der Waals surface area contributed by atoms with Gasteiger partial charge in [-0.05, 0) is 76.3 Å². The first kappa shape index (κ1) is 34.5. The third-order valence-electron chi connectivity index (χ3n) is 10.1. The second-order valence-electron chi connectivity index (χ2n) is 14.5. The molecule has 1 aromatic carbocycles. The highest BCUT2D eigenvalue weighted by Crippen LogP contribution is 2.66. The summed E-state index contributed by atoms with van der Waals surface area (Å²) in [7, 11) is -7.08. The topological polar surface area (TPSA) is 142 Å². The number of sulfone groups is 1.